The Morgan fingerprint density at radius 3 is 1.87 bits per heavy atom. The average molecular weight is 709 g/mol. The fraction of sp³-hybridized carbons (Fsp3) is 0.0816. The molecule has 2 aliphatic heterocycles. The van der Waals surface area contributed by atoms with Crippen molar-refractivity contribution in [2.24, 2.45) is 4.99 Å². The summed E-state index contributed by atoms with van der Waals surface area (Å²) in [5, 5.41) is 24.2. The first-order valence-corrected chi connectivity index (χ1v) is 18.4. The van der Waals surface area contributed by atoms with Crippen LogP contribution in [-0.2, 0) is 5.41 Å². The van der Waals surface area contributed by atoms with Crippen molar-refractivity contribution in [2.75, 3.05) is 15.1 Å². The SMILES string of the molecule is CC1(C)c2ccccc2N(c2ccc(N(c3ccccc3)c3ccc(C4N=C(c5ccccc5)Nc5c(C#N)cccc54)cc3C#N)cc2)c2ccccc21. The lowest BCUT2D eigenvalue weighted by molar-refractivity contribution is 0.632. The highest BCUT2D eigenvalue weighted by Crippen LogP contribution is 2.52. The number of nitrogens with one attached hydrogen (secondary N) is 1. The van der Waals surface area contributed by atoms with Crippen LogP contribution in [0.2, 0.25) is 0 Å². The first kappa shape index (κ1) is 33.4. The maximum atomic E-state index is 10.8. The van der Waals surface area contributed by atoms with Gasteiger partial charge in [0.1, 0.15) is 24.0 Å². The van der Waals surface area contributed by atoms with E-state index in [4.69, 9.17) is 4.99 Å². The summed E-state index contributed by atoms with van der Waals surface area (Å²) in [4.78, 5) is 9.65. The van der Waals surface area contributed by atoms with E-state index in [-0.39, 0.29) is 5.41 Å². The highest BCUT2D eigenvalue weighted by Gasteiger charge is 2.36. The summed E-state index contributed by atoms with van der Waals surface area (Å²) >= 11 is 0. The molecule has 0 saturated carbocycles. The Hall–Kier alpha value is -7.41. The Balaban J connectivity index is 1.14. The number of fused-ring (bicyclic) bond motifs is 3. The summed E-state index contributed by atoms with van der Waals surface area (Å²) in [6, 6.07) is 62.1. The highest BCUT2D eigenvalue weighted by atomic mass is 15.2. The molecule has 0 bridgehead atoms. The van der Waals surface area contributed by atoms with Gasteiger partial charge < -0.3 is 15.1 Å². The molecule has 55 heavy (non-hydrogen) atoms. The molecular formula is C49H36N6. The van der Waals surface area contributed by atoms with Crippen molar-refractivity contribution in [3.8, 4) is 12.1 Å². The largest absolute Gasteiger partial charge is 0.339 e. The van der Waals surface area contributed by atoms with Crippen molar-refractivity contribution in [1.29, 1.82) is 10.5 Å². The van der Waals surface area contributed by atoms with Crippen LogP contribution in [0.4, 0.5) is 39.8 Å². The van der Waals surface area contributed by atoms with Crippen LogP contribution in [0.15, 0.2) is 175 Å². The quantitative estimate of drug-likeness (QED) is 0.186. The maximum Gasteiger partial charge on any atom is 0.133 e. The Bertz CT molecular complexity index is 2640. The van der Waals surface area contributed by atoms with Crippen molar-refractivity contribution in [2.45, 2.75) is 25.3 Å². The summed E-state index contributed by atoms with van der Waals surface area (Å²) in [5.74, 6) is 0.678. The van der Waals surface area contributed by atoms with Gasteiger partial charge in [0.25, 0.3) is 0 Å². The predicted molar refractivity (Wildman–Crippen MR) is 222 cm³/mol. The standard InChI is InChI=1S/C49H36N6/c1-49(2)41-20-9-11-22-44(41)55(45-23-12-10-21-42(45)49)39-27-25-38(26-28-39)54(37-17-7-4-8-18-37)43-29-24-34(30-36(43)32-51)46-40-19-13-16-35(31-50)47(40)53-48(52-46)33-14-5-3-6-15-33/h3-30,46H,1-2H3,(H,52,53). The fourth-order valence-electron chi connectivity index (χ4n) is 8.09. The fourth-order valence-corrected chi connectivity index (χ4v) is 8.09. The molecule has 0 aliphatic carbocycles. The van der Waals surface area contributed by atoms with Crippen LogP contribution in [0, 0.1) is 22.7 Å². The van der Waals surface area contributed by atoms with E-state index in [2.05, 4.69) is 132 Å². The molecule has 2 heterocycles. The Morgan fingerprint density at radius 1 is 0.618 bits per heavy atom. The Labute approximate surface area is 321 Å². The van der Waals surface area contributed by atoms with Gasteiger partial charge in [-0.05, 0) is 83.4 Å². The van der Waals surface area contributed by atoms with Crippen LogP contribution < -0.4 is 15.1 Å². The zero-order valence-corrected chi connectivity index (χ0v) is 30.5. The van der Waals surface area contributed by atoms with Crippen LogP contribution in [0.5, 0.6) is 0 Å². The predicted octanol–water partition coefficient (Wildman–Crippen LogP) is 12.0. The van der Waals surface area contributed by atoms with E-state index in [9.17, 15) is 10.5 Å². The minimum absolute atomic E-state index is 0.143. The van der Waals surface area contributed by atoms with Gasteiger partial charge in [0.15, 0.2) is 0 Å². The van der Waals surface area contributed by atoms with Gasteiger partial charge in [0.05, 0.1) is 33.9 Å². The molecule has 6 heteroatoms. The number of amidine groups is 1. The number of nitriles is 2. The van der Waals surface area contributed by atoms with Gasteiger partial charge in [-0.2, -0.15) is 10.5 Å². The summed E-state index contributed by atoms with van der Waals surface area (Å²) < 4.78 is 0. The third kappa shape index (κ3) is 5.69. The molecule has 1 N–H and O–H groups in total. The molecule has 1 unspecified atom stereocenters. The van der Waals surface area contributed by atoms with Crippen molar-refractivity contribution >= 4 is 45.6 Å². The maximum absolute atomic E-state index is 10.8. The smallest absolute Gasteiger partial charge is 0.133 e. The highest BCUT2D eigenvalue weighted by molar-refractivity contribution is 6.10. The van der Waals surface area contributed by atoms with E-state index in [0.717, 1.165) is 45.1 Å². The molecule has 7 aromatic rings. The number of hydrogen-bond donors (Lipinski definition) is 1. The van der Waals surface area contributed by atoms with Crippen LogP contribution in [-0.4, -0.2) is 5.84 Å². The van der Waals surface area contributed by atoms with E-state index in [1.807, 2.05) is 78.9 Å². The lowest BCUT2D eigenvalue weighted by Crippen LogP contribution is -2.30. The van der Waals surface area contributed by atoms with Crippen molar-refractivity contribution in [3.63, 3.8) is 0 Å². The Morgan fingerprint density at radius 2 is 1.22 bits per heavy atom. The van der Waals surface area contributed by atoms with E-state index in [1.54, 1.807) is 0 Å². The first-order chi connectivity index (χ1) is 27.0. The minimum Gasteiger partial charge on any atom is -0.339 e. The molecule has 2 aliphatic rings. The third-order valence-electron chi connectivity index (χ3n) is 10.8. The van der Waals surface area contributed by atoms with Crippen molar-refractivity contribution < 1.29 is 0 Å². The lowest BCUT2D eigenvalue weighted by atomic mass is 9.73. The number of benzene rings is 7. The van der Waals surface area contributed by atoms with Crippen LogP contribution in [0.25, 0.3) is 0 Å². The molecule has 0 saturated heterocycles. The first-order valence-electron chi connectivity index (χ1n) is 18.4. The normalized spacial score (nSPS) is 14.9. The Kier molecular flexibility index (Phi) is 8.23. The van der Waals surface area contributed by atoms with Gasteiger partial charge in [-0.3, -0.25) is 4.99 Å². The summed E-state index contributed by atoms with van der Waals surface area (Å²) in [6.45, 7) is 4.59. The second-order valence-corrected chi connectivity index (χ2v) is 14.3. The lowest BCUT2D eigenvalue weighted by Gasteiger charge is -2.42. The molecule has 0 fully saturated rings. The molecular weight excluding hydrogens is 673 g/mol. The van der Waals surface area contributed by atoms with Crippen LogP contribution in [0.3, 0.4) is 0 Å². The third-order valence-corrected chi connectivity index (χ3v) is 10.8. The molecule has 0 spiro atoms. The molecule has 7 aromatic carbocycles. The monoisotopic (exact) mass is 708 g/mol. The molecule has 0 amide bonds. The topological polar surface area (TPSA) is 78.4 Å². The van der Waals surface area contributed by atoms with Gasteiger partial charge >= 0.3 is 0 Å². The zero-order valence-electron chi connectivity index (χ0n) is 30.5. The van der Waals surface area contributed by atoms with Crippen LogP contribution in [0.1, 0.15) is 58.8 Å². The van der Waals surface area contributed by atoms with E-state index in [1.165, 1.54) is 22.5 Å². The number of anilines is 7. The summed E-state index contributed by atoms with van der Waals surface area (Å²) in [7, 11) is 0. The van der Waals surface area contributed by atoms with Gasteiger partial charge in [-0.15, -0.1) is 0 Å². The van der Waals surface area contributed by atoms with Gasteiger partial charge in [0.2, 0.25) is 0 Å². The summed E-state index contributed by atoms with van der Waals surface area (Å²) in [6.07, 6.45) is 0. The van der Waals surface area contributed by atoms with Gasteiger partial charge in [0, 0.05) is 33.6 Å². The van der Waals surface area contributed by atoms with Gasteiger partial charge in [-0.1, -0.05) is 117 Å². The van der Waals surface area contributed by atoms with E-state index in [0.29, 0.717) is 17.0 Å². The second-order valence-electron chi connectivity index (χ2n) is 14.3. The minimum atomic E-state index is -0.425. The van der Waals surface area contributed by atoms with Crippen molar-refractivity contribution in [3.05, 3.63) is 209 Å². The average Bonchev–Trinajstić information content (AvgIpc) is 3.24. The molecule has 1 atom stereocenters. The molecule has 0 radical (unpaired) electrons. The number of nitrogens with zero attached hydrogens (tertiary/aromatic N) is 5. The van der Waals surface area contributed by atoms with Crippen molar-refractivity contribution in [1.82, 2.24) is 0 Å². The van der Waals surface area contributed by atoms with E-state index < -0.39 is 6.04 Å². The van der Waals surface area contributed by atoms with Crippen LogP contribution >= 0.6 is 0 Å². The molecule has 9 rings (SSSR count). The molecule has 262 valence electrons. The second kappa shape index (κ2) is 13.5. The number of para-hydroxylation sites is 4. The molecule has 6 nitrogen and oxygen atoms in total. The van der Waals surface area contributed by atoms with Gasteiger partial charge in [-0.25, -0.2) is 0 Å². The number of aliphatic imine (C=N–C) groups is 1. The molecule has 0 aromatic heterocycles. The number of hydrogen-bond acceptors (Lipinski definition) is 6. The van der Waals surface area contributed by atoms with E-state index >= 15 is 0 Å². The number of rotatable bonds is 6. The summed E-state index contributed by atoms with van der Waals surface area (Å²) in [5.41, 5.74) is 12.9. The zero-order chi connectivity index (χ0) is 37.5.